The second kappa shape index (κ2) is 3.96. The zero-order valence-corrected chi connectivity index (χ0v) is 10.2. The second-order valence-electron chi connectivity index (χ2n) is 4.03. The summed E-state index contributed by atoms with van der Waals surface area (Å²) in [4.78, 5) is 12.2. The van der Waals surface area contributed by atoms with Gasteiger partial charge in [-0.05, 0) is 25.0 Å². The summed E-state index contributed by atoms with van der Waals surface area (Å²) < 4.78 is 1.80. The molecule has 0 bridgehead atoms. The summed E-state index contributed by atoms with van der Waals surface area (Å²) in [7, 11) is 1.79. The van der Waals surface area contributed by atoms with Gasteiger partial charge in [-0.2, -0.15) is 0 Å². The Kier molecular flexibility index (Phi) is 2.44. The molecular weight excluding hydrogens is 236 g/mol. The van der Waals surface area contributed by atoms with Crippen LogP contribution < -0.4 is 10.9 Å². The van der Waals surface area contributed by atoms with Crippen molar-refractivity contribution in [1.29, 1.82) is 0 Å². The lowest BCUT2D eigenvalue weighted by Gasteiger charge is -2.03. The molecule has 1 fully saturated rings. The lowest BCUT2D eigenvalue weighted by molar-refractivity contribution is 0.709. The lowest BCUT2D eigenvalue weighted by atomic mass is 10.3. The van der Waals surface area contributed by atoms with Crippen LogP contribution in [0.15, 0.2) is 23.1 Å². The average Bonchev–Trinajstić information content (AvgIpc) is 3.07. The number of pyridine rings is 1. The highest BCUT2D eigenvalue weighted by Gasteiger charge is 2.25. The van der Waals surface area contributed by atoms with Crippen LogP contribution >= 0.6 is 11.3 Å². The Balaban J connectivity index is 2.08. The van der Waals surface area contributed by atoms with Crippen LogP contribution in [-0.2, 0) is 0 Å². The van der Waals surface area contributed by atoms with E-state index in [1.54, 1.807) is 17.7 Å². The van der Waals surface area contributed by atoms with Crippen molar-refractivity contribution in [3.8, 4) is 10.6 Å². The van der Waals surface area contributed by atoms with Gasteiger partial charge in [-0.25, -0.2) is 0 Å². The van der Waals surface area contributed by atoms with Crippen LogP contribution in [0.4, 0.5) is 5.13 Å². The maximum Gasteiger partial charge on any atom is 0.261 e. The van der Waals surface area contributed by atoms with E-state index in [0.717, 1.165) is 18.0 Å². The molecular formula is C11H12N4OS. The highest BCUT2D eigenvalue weighted by atomic mass is 32.1. The third kappa shape index (κ3) is 1.84. The molecule has 88 valence electrons. The van der Waals surface area contributed by atoms with Crippen molar-refractivity contribution < 1.29 is 0 Å². The third-order valence-electron chi connectivity index (χ3n) is 2.78. The van der Waals surface area contributed by atoms with Gasteiger partial charge in [0.2, 0.25) is 5.13 Å². The molecule has 1 aliphatic carbocycles. The first-order valence-electron chi connectivity index (χ1n) is 5.52. The molecule has 3 rings (SSSR count). The molecule has 1 saturated carbocycles. The summed E-state index contributed by atoms with van der Waals surface area (Å²) in [6.45, 7) is 0. The first-order chi connectivity index (χ1) is 8.29. The van der Waals surface area contributed by atoms with Crippen molar-refractivity contribution in [2.75, 3.05) is 12.4 Å². The monoisotopic (exact) mass is 248 g/mol. The molecule has 0 saturated heterocycles. The molecule has 2 aromatic heterocycles. The van der Waals surface area contributed by atoms with Crippen molar-refractivity contribution in [3.63, 3.8) is 0 Å². The van der Waals surface area contributed by atoms with Gasteiger partial charge in [0.15, 0.2) is 5.01 Å². The SMILES string of the molecule is CNc1nnc(-c2cccn(C3CC3)c2=O)s1. The third-order valence-corrected chi connectivity index (χ3v) is 3.76. The van der Waals surface area contributed by atoms with E-state index in [4.69, 9.17) is 0 Å². The number of aromatic nitrogens is 3. The summed E-state index contributed by atoms with van der Waals surface area (Å²) in [6, 6.07) is 4.09. The molecule has 0 atom stereocenters. The van der Waals surface area contributed by atoms with Crippen LogP contribution in [0, 0.1) is 0 Å². The van der Waals surface area contributed by atoms with E-state index in [9.17, 15) is 4.79 Å². The Bertz CT molecular complexity index is 600. The molecule has 6 heteroatoms. The smallest absolute Gasteiger partial charge is 0.261 e. The Labute approximate surface area is 102 Å². The van der Waals surface area contributed by atoms with E-state index in [1.807, 2.05) is 12.3 Å². The molecule has 2 aromatic rings. The molecule has 0 spiro atoms. The van der Waals surface area contributed by atoms with E-state index in [-0.39, 0.29) is 5.56 Å². The Hall–Kier alpha value is -1.69. The highest BCUT2D eigenvalue weighted by molar-refractivity contribution is 7.18. The fraction of sp³-hybridized carbons (Fsp3) is 0.364. The number of nitrogens with zero attached hydrogens (tertiary/aromatic N) is 3. The van der Waals surface area contributed by atoms with Gasteiger partial charge in [-0.1, -0.05) is 11.3 Å². The van der Waals surface area contributed by atoms with Crippen LogP contribution in [0.5, 0.6) is 0 Å². The number of hydrogen-bond donors (Lipinski definition) is 1. The first kappa shape index (κ1) is 10.5. The molecule has 5 nitrogen and oxygen atoms in total. The number of hydrogen-bond acceptors (Lipinski definition) is 5. The van der Waals surface area contributed by atoms with E-state index >= 15 is 0 Å². The molecule has 2 heterocycles. The first-order valence-corrected chi connectivity index (χ1v) is 6.34. The standard InChI is InChI=1S/C11H12N4OS/c1-12-11-14-13-9(17-11)8-3-2-6-15(10(8)16)7-4-5-7/h2-3,6-7H,4-5H2,1H3,(H,12,14). The summed E-state index contributed by atoms with van der Waals surface area (Å²) in [5, 5.41) is 12.3. The molecule has 17 heavy (non-hydrogen) atoms. The average molecular weight is 248 g/mol. The summed E-state index contributed by atoms with van der Waals surface area (Å²) in [5.74, 6) is 0. The molecule has 0 aliphatic heterocycles. The fourth-order valence-electron chi connectivity index (χ4n) is 1.75. The van der Waals surface area contributed by atoms with Crippen molar-refractivity contribution in [2.24, 2.45) is 0 Å². The van der Waals surface area contributed by atoms with Crippen LogP contribution in [-0.4, -0.2) is 21.8 Å². The minimum atomic E-state index is 0.0359. The topological polar surface area (TPSA) is 59.8 Å². The van der Waals surface area contributed by atoms with Gasteiger partial charge in [-0.3, -0.25) is 4.79 Å². The van der Waals surface area contributed by atoms with Crippen LogP contribution in [0.25, 0.3) is 10.6 Å². The van der Waals surface area contributed by atoms with Gasteiger partial charge in [0.05, 0.1) is 5.56 Å². The summed E-state index contributed by atoms with van der Waals surface area (Å²) in [6.07, 6.45) is 4.05. The number of nitrogens with one attached hydrogen (secondary N) is 1. The maximum atomic E-state index is 12.2. The highest BCUT2D eigenvalue weighted by Crippen LogP contribution is 2.34. The zero-order valence-electron chi connectivity index (χ0n) is 9.38. The Morgan fingerprint density at radius 3 is 2.94 bits per heavy atom. The van der Waals surface area contributed by atoms with Crippen LogP contribution in [0.2, 0.25) is 0 Å². The maximum absolute atomic E-state index is 12.2. The van der Waals surface area contributed by atoms with E-state index in [0.29, 0.717) is 16.6 Å². The molecule has 0 radical (unpaired) electrons. The molecule has 1 N–H and O–H groups in total. The van der Waals surface area contributed by atoms with Crippen LogP contribution in [0.3, 0.4) is 0 Å². The quantitative estimate of drug-likeness (QED) is 0.899. The van der Waals surface area contributed by atoms with Crippen LogP contribution in [0.1, 0.15) is 18.9 Å². The molecule has 1 aliphatic rings. The summed E-state index contributed by atoms with van der Waals surface area (Å²) >= 11 is 1.39. The normalized spacial score (nSPS) is 14.9. The minimum absolute atomic E-state index is 0.0359. The van der Waals surface area contributed by atoms with E-state index in [2.05, 4.69) is 15.5 Å². The molecule has 0 aromatic carbocycles. The molecule has 0 unspecified atom stereocenters. The van der Waals surface area contributed by atoms with Gasteiger partial charge < -0.3 is 9.88 Å². The summed E-state index contributed by atoms with van der Waals surface area (Å²) in [5.41, 5.74) is 0.673. The Morgan fingerprint density at radius 2 is 2.29 bits per heavy atom. The second-order valence-corrected chi connectivity index (χ2v) is 5.01. The molecule has 0 amide bonds. The predicted molar refractivity (Wildman–Crippen MR) is 67.4 cm³/mol. The predicted octanol–water partition coefficient (Wildman–Crippen LogP) is 1.74. The van der Waals surface area contributed by atoms with Gasteiger partial charge in [-0.15, -0.1) is 10.2 Å². The van der Waals surface area contributed by atoms with E-state index in [1.165, 1.54) is 11.3 Å². The Morgan fingerprint density at radius 1 is 1.47 bits per heavy atom. The van der Waals surface area contributed by atoms with Crippen molar-refractivity contribution in [3.05, 3.63) is 28.7 Å². The van der Waals surface area contributed by atoms with Crippen molar-refractivity contribution in [1.82, 2.24) is 14.8 Å². The largest absolute Gasteiger partial charge is 0.363 e. The minimum Gasteiger partial charge on any atom is -0.363 e. The zero-order chi connectivity index (χ0) is 11.8. The van der Waals surface area contributed by atoms with E-state index < -0.39 is 0 Å². The van der Waals surface area contributed by atoms with Gasteiger partial charge in [0.25, 0.3) is 5.56 Å². The number of anilines is 1. The van der Waals surface area contributed by atoms with Gasteiger partial charge in [0, 0.05) is 19.3 Å². The van der Waals surface area contributed by atoms with Gasteiger partial charge in [0.1, 0.15) is 0 Å². The van der Waals surface area contributed by atoms with Crippen molar-refractivity contribution >= 4 is 16.5 Å². The van der Waals surface area contributed by atoms with Gasteiger partial charge >= 0.3 is 0 Å². The fourth-order valence-corrected chi connectivity index (χ4v) is 2.46. The lowest BCUT2D eigenvalue weighted by Crippen LogP contribution is -2.19. The number of rotatable bonds is 3. The van der Waals surface area contributed by atoms with Crippen molar-refractivity contribution in [2.45, 2.75) is 18.9 Å².